The first-order valence-electron chi connectivity index (χ1n) is 9.29. The van der Waals surface area contributed by atoms with Gasteiger partial charge in [0.2, 0.25) is 5.88 Å². The van der Waals surface area contributed by atoms with Crippen molar-refractivity contribution in [3.8, 4) is 5.88 Å². The summed E-state index contributed by atoms with van der Waals surface area (Å²) in [7, 11) is 0. The van der Waals surface area contributed by atoms with E-state index in [0.717, 1.165) is 38.7 Å². The molecule has 3 rings (SSSR count). The first kappa shape index (κ1) is 18.4. The van der Waals surface area contributed by atoms with Gasteiger partial charge >= 0.3 is 0 Å². The van der Waals surface area contributed by atoms with Crippen LogP contribution < -0.4 is 5.32 Å². The lowest BCUT2D eigenvalue weighted by atomic mass is 9.87. The maximum atomic E-state index is 12.1. The molecule has 0 aliphatic heterocycles. The molecule has 0 atom stereocenters. The summed E-state index contributed by atoms with van der Waals surface area (Å²) in [6, 6.07) is 13.4. The molecule has 1 aromatic carbocycles. The van der Waals surface area contributed by atoms with Crippen molar-refractivity contribution in [2.75, 3.05) is 13.2 Å². The highest BCUT2D eigenvalue weighted by molar-refractivity contribution is 5.93. The largest absolute Gasteiger partial charge is 0.493 e. The quantitative estimate of drug-likeness (QED) is 0.800. The predicted octanol–water partition coefficient (Wildman–Crippen LogP) is 3.34. The van der Waals surface area contributed by atoms with Crippen LogP contribution in [0.5, 0.6) is 5.88 Å². The van der Waals surface area contributed by atoms with Crippen LogP contribution in [0.4, 0.5) is 0 Å². The van der Waals surface area contributed by atoms with E-state index in [9.17, 15) is 4.79 Å². The summed E-state index contributed by atoms with van der Waals surface area (Å²) in [5.74, 6) is 0.281. The molecule has 5 heteroatoms. The third kappa shape index (κ3) is 5.56. The van der Waals surface area contributed by atoms with E-state index in [-0.39, 0.29) is 11.8 Å². The van der Waals surface area contributed by atoms with E-state index in [2.05, 4.69) is 34.6 Å². The van der Waals surface area contributed by atoms with Crippen molar-refractivity contribution in [3.63, 3.8) is 0 Å². The highest BCUT2D eigenvalue weighted by Crippen LogP contribution is 2.26. The molecule has 5 nitrogen and oxygen atoms in total. The fraction of sp³-hybridized carbons (Fsp3) is 0.429. The van der Waals surface area contributed by atoms with Crippen LogP contribution in [0.15, 0.2) is 48.7 Å². The number of carbonyl (C=O) groups excluding carboxylic acids is 1. The average molecular weight is 354 g/mol. The van der Waals surface area contributed by atoms with Crippen molar-refractivity contribution in [2.45, 2.75) is 38.2 Å². The predicted molar refractivity (Wildman–Crippen MR) is 100 cm³/mol. The Bertz CT molecular complexity index is 680. The van der Waals surface area contributed by atoms with Crippen molar-refractivity contribution < 1.29 is 14.6 Å². The molecule has 1 amide bonds. The van der Waals surface area contributed by atoms with Gasteiger partial charge in [0.05, 0.1) is 18.3 Å². The van der Waals surface area contributed by atoms with Crippen LogP contribution in [0, 0.1) is 5.92 Å². The van der Waals surface area contributed by atoms with E-state index in [1.807, 2.05) is 6.07 Å². The van der Waals surface area contributed by atoms with Gasteiger partial charge < -0.3 is 15.2 Å². The van der Waals surface area contributed by atoms with Crippen molar-refractivity contribution in [3.05, 3.63) is 59.8 Å². The summed E-state index contributed by atoms with van der Waals surface area (Å²) in [6.45, 7) is 1.44. The lowest BCUT2D eigenvalue weighted by molar-refractivity contribution is 0.0199. The van der Waals surface area contributed by atoms with E-state index in [1.54, 1.807) is 6.07 Å². The minimum atomic E-state index is -0.140. The van der Waals surface area contributed by atoms with Gasteiger partial charge in [-0.1, -0.05) is 30.3 Å². The molecular formula is C21H26N2O3. The molecule has 1 aliphatic rings. The number of rotatable bonds is 7. The average Bonchev–Trinajstić information content (AvgIpc) is 2.68. The number of amides is 1. The minimum absolute atomic E-state index is 0.0767. The second kappa shape index (κ2) is 9.34. The first-order valence-corrected chi connectivity index (χ1v) is 9.29. The highest BCUT2D eigenvalue weighted by atomic mass is 16.5. The number of nitrogens with one attached hydrogen (secondary N) is 1. The van der Waals surface area contributed by atoms with E-state index in [1.165, 1.54) is 17.8 Å². The van der Waals surface area contributed by atoms with Gasteiger partial charge in [0.25, 0.3) is 5.91 Å². The van der Waals surface area contributed by atoms with Gasteiger partial charge in [0.1, 0.15) is 0 Å². The van der Waals surface area contributed by atoms with Crippen LogP contribution >= 0.6 is 0 Å². The molecule has 26 heavy (non-hydrogen) atoms. The monoisotopic (exact) mass is 354 g/mol. The molecule has 1 heterocycles. The topological polar surface area (TPSA) is 71.5 Å². The Morgan fingerprint density at radius 3 is 2.58 bits per heavy atom. The van der Waals surface area contributed by atoms with Crippen LogP contribution in [0.3, 0.4) is 0 Å². The number of benzene rings is 1. The summed E-state index contributed by atoms with van der Waals surface area (Å²) in [4.78, 5) is 15.8. The minimum Gasteiger partial charge on any atom is -0.493 e. The van der Waals surface area contributed by atoms with Gasteiger partial charge in [0.15, 0.2) is 0 Å². The zero-order valence-electron chi connectivity index (χ0n) is 14.9. The van der Waals surface area contributed by atoms with Crippen LogP contribution in [0.25, 0.3) is 0 Å². The number of pyridine rings is 1. The lowest BCUT2D eigenvalue weighted by Crippen LogP contribution is -2.32. The first-order chi connectivity index (χ1) is 12.7. The number of nitrogens with zero attached hydrogens (tertiary/aromatic N) is 1. The molecule has 0 radical (unpaired) electrons. The van der Waals surface area contributed by atoms with Gasteiger partial charge in [0, 0.05) is 18.8 Å². The van der Waals surface area contributed by atoms with Crippen molar-refractivity contribution in [2.24, 2.45) is 5.92 Å². The fourth-order valence-corrected chi connectivity index (χ4v) is 3.35. The maximum Gasteiger partial charge on any atom is 0.252 e. The Kier molecular flexibility index (Phi) is 6.61. The zero-order valence-corrected chi connectivity index (χ0v) is 14.9. The van der Waals surface area contributed by atoms with E-state index in [4.69, 9.17) is 9.84 Å². The highest BCUT2D eigenvalue weighted by Gasteiger charge is 2.22. The Morgan fingerprint density at radius 2 is 1.88 bits per heavy atom. The second-order valence-corrected chi connectivity index (χ2v) is 6.86. The molecule has 0 saturated heterocycles. The van der Waals surface area contributed by atoms with E-state index < -0.39 is 0 Å². The molecule has 2 aromatic rings. The summed E-state index contributed by atoms with van der Waals surface area (Å²) < 4.78 is 6.02. The third-order valence-electron chi connectivity index (χ3n) is 4.94. The molecule has 0 bridgehead atoms. The normalized spacial score (nSPS) is 19.8. The number of hydrogen-bond acceptors (Lipinski definition) is 4. The van der Waals surface area contributed by atoms with Crippen molar-refractivity contribution in [1.29, 1.82) is 0 Å². The Morgan fingerprint density at radius 1 is 1.12 bits per heavy atom. The third-order valence-corrected chi connectivity index (χ3v) is 4.94. The molecule has 1 aromatic heterocycles. The van der Waals surface area contributed by atoms with Crippen LogP contribution in [0.1, 0.15) is 41.6 Å². The maximum absolute atomic E-state index is 12.1. The Labute approximate surface area is 154 Å². The molecule has 0 unspecified atom stereocenters. The van der Waals surface area contributed by atoms with Crippen LogP contribution in [0.2, 0.25) is 0 Å². The molecule has 0 spiro atoms. The summed E-state index contributed by atoms with van der Waals surface area (Å²) in [5, 5.41) is 12.1. The second-order valence-electron chi connectivity index (χ2n) is 6.86. The van der Waals surface area contributed by atoms with E-state index in [0.29, 0.717) is 24.1 Å². The summed E-state index contributed by atoms with van der Waals surface area (Å²) in [5.41, 5.74) is 1.79. The molecule has 1 saturated carbocycles. The SMILES string of the molecule is O=C(NCC1CCC(OCCc2ccccc2)CC1)c1ccc(O)nc1. The molecular weight excluding hydrogens is 328 g/mol. The van der Waals surface area contributed by atoms with E-state index >= 15 is 0 Å². The van der Waals surface area contributed by atoms with Gasteiger partial charge in [-0.2, -0.15) is 0 Å². The Hall–Kier alpha value is -2.40. The number of aromatic hydroxyl groups is 1. The lowest BCUT2D eigenvalue weighted by Gasteiger charge is -2.28. The number of hydrogen-bond donors (Lipinski definition) is 2. The molecule has 1 aliphatic carbocycles. The standard InChI is InChI=1S/C21H26N2O3/c24-20-11-8-18(15-22-20)21(25)23-14-17-6-9-19(10-7-17)26-13-12-16-4-2-1-3-5-16/h1-5,8,11,15,17,19H,6-7,9-10,12-14H2,(H,22,24)(H,23,25). The fourth-order valence-electron chi connectivity index (χ4n) is 3.35. The molecule has 2 N–H and O–H groups in total. The Balaban J connectivity index is 1.32. The van der Waals surface area contributed by atoms with Crippen molar-refractivity contribution >= 4 is 5.91 Å². The van der Waals surface area contributed by atoms with Gasteiger partial charge in [-0.3, -0.25) is 4.79 Å². The molecule has 1 fully saturated rings. The molecule has 138 valence electrons. The summed E-state index contributed by atoms with van der Waals surface area (Å²) in [6.07, 6.45) is 6.94. The van der Waals surface area contributed by atoms with Gasteiger partial charge in [-0.25, -0.2) is 4.98 Å². The number of carbonyl (C=O) groups is 1. The number of ether oxygens (including phenoxy) is 1. The summed E-state index contributed by atoms with van der Waals surface area (Å²) >= 11 is 0. The van der Waals surface area contributed by atoms with Gasteiger partial charge in [-0.15, -0.1) is 0 Å². The zero-order chi connectivity index (χ0) is 18.2. The smallest absolute Gasteiger partial charge is 0.252 e. The van der Waals surface area contributed by atoms with Gasteiger partial charge in [-0.05, 0) is 49.7 Å². The van der Waals surface area contributed by atoms with Crippen LogP contribution in [-0.2, 0) is 11.2 Å². The van der Waals surface area contributed by atoms with Crippen molar-refractivity contribution in [1.82, 2.24) is 10.3 Å². The van der Waals surface area contributed by atoms with Crippen LogP contribution in [-0.4, -0.2) is 35.3 Å². The number of aromatic nitrogens is 1.